The molecule has 0 aliphatic heterocycles. The first-order chi connectivity index (χ1) is 8.86. The van der Waals surface area contributed by atoms with Crippen LogP contribution in [0.2, 0.25) is 0 Å². The first-order valence-electron chi connectivity index (χ1n) is 6.14. The zero-order valence-corrected chi connectivity index (χ0v) is 10.0. The van der Waals surface area contributed by atoms with Crippen molar-refractivity contribution in [3.63, 3.8) is 0 Å². The predicted octanol–water partition coefficient (Wildman–Crippen LogP) is 1.95. The van der Waals surface area contributed by atoms with Crippen molar-refractivity contribution in [2.75, 3.05) is 13.2 Å². The molecule has 0 bridgehead atoms. The molecular weight excluding hydrogens is 230 g/mol. The van der Waals surface area contributed by atoms with E-state index in [1.807, 2.05) is 24.3 Å². The van der Waals surface area contributed by atoms with E-state index < -0.39 is 0 Å². The molecule has 1 aromatic carbocycles. The van der Waals surface area contributed by atoms with E-state index >= 15 is 0 Å². The first-order valence-corrected chi connectivity index (χ1v) is 6.14. The van der Waals surface area contributed by atoms with Crippen molar-refractivity contribution in [2.45, 2.75) is 18.8 Å². The van der Waals surface area contributed by atoms with Crippen molar-refractivity contribution in [2.24, 2.45) is 5.73 Å². The molecule has 2 N–H and O–H groups in total. The van der Waals surface area contributed by atoms with Gasteiger partial charge in [0, 0.05) is 18.0 Å². The van der Waals surface area contributed by atoms with Gasteiger partial charge in [-0.15, -0.1) is 0 Å². The van der Waals surface area contributed by atoms with Gasteiger partial charge < -0.3 is 15.0 Å². The molecule has 1 aliphatic carbocycles. The Balaban J connectivity index is 1.81. The summed E-state index contributed by atoms with van der Waals surface area (Å²) in [4.78, 5) is 4.41. The van der Waals surface area contributed by atoms with Gasteiger partial charge >= 0.3 is 0 Å². The van der Waals surface area contributed by atoms with E-state index in [9.17, 15) is 0 Å². The summed E-state index contributed by atoms with van der Waals surface area (Å²) in [5.74, 6) is 2.64. The minimum Gasteiger partial charge on any atom is -0.492 e. The lowest BCUT2D eigenvalue weighted by Crippen LogP contribution is -2.10. The van der Waals surface area contributed by atoms with E-state index in [4.69, 9.17) is 15.0 Å². The minimum atomic E-state index is 0.497. The molecule has 0 radical (unpaired) electrons. The third-order valence-electron chi connectivity index (χ3n) is 2.85. The average Bonchev–Trinajstić information content (AvgIpc) is 3.14. The fourth-order valence-corrected chi connectivity index (χ4v) is 1.76. The Morgan fingerprint density at radius 1 is 1.39 bits per heavy atom. The molecule has 3 rings (SSSR count). The fourth-order valence-electron chi connectivity index (χ4n) is 1.76. The maximum absolute atomic E-state index is 5.47. The predicted molar refractivity (Wildman–Crippen MR) is 66.3 cm³/mol. The van der Waals surface area contributed by atoms with E-state index in [-0.39, 0.29) is 0 Å². The van der Waals surface area contributed by atoms with Crippen LogP contribution in [0.4, 0.5) is 0 Å². The zero-order chi connectivity index (χ0) is 12.4. The second-order valence-electron chi connectivity index (χ2n) is 4.40. The third-order valence-corrected chi connectivity index (χ3v) is 2.85. The highest BCUT2D eigenvalue weighted by atomic mass is 16.5. The number of ether oxygens (including phenoxy) is 1. The van der Waals surface area contributed by atoms with Gasteiger partial charge in [0.1, 0.15) is 12.4 Å². The quantitative estimate of drug-likeness (QED) is 0.871. The van der Waals surface area contributed by atoms with Gasteiger partial charge in [0.05, 0.1) is 0 Å². The van der Waals surface area contributed by atoms with Crippen LogP contribution < -0.4 is 10.5 Å². The third kappa shape index (κ3) is 2.36. The normalized spacial score (nSPS) is 14.7. The maximum atomic E-state index is 5.47. The van der Waals surface area contributed by atoms with E-state index in [1.165, 1.54) is 12.8 Å². The highest BCUT2D eigenvalue weighted by Crippen LogP contribution is 2.39. The lowest BCUT2D eigenvalue weighted by molar-refractivity contribution is 0.328. The van der Waals surface area contributed by atoms with E-state index in [0.29, 0.717) is 25.0 Å². The Hall–Kier alpha value is -1.88. The van der Waals surface area contributed by atoms with Gasteiger partial charge in [0.25, 0.3) is 5.89 Å². The molecule has 2 aromatic rings. The molecule has 1 heterocycles. The second kappa shape index (κ2) is 4.78. The Kier molecular flexibility index (Phi) is 2.98. The summed E-state index contributed by atoms with van der Waals surface area (Å²) < 4.78 is 10.7. The highest BCUT2D eigenvalue weighted by molar-refractivity contribution is 5.55. The van der Waals surface area contributed by atoms with Crippen molar-refractivity contribution in [1.82, 2.24) is 10.1 Å². The summed E-state index contributed by atoms with van der Waals surface area (Å²) in [6.07, 6.45) is 2.33. The van der Waals surface area contributed by atoms with Crippen LogP contribution in [0.3, 0.4) is 0 Å². The second-order valence-corrected chi connectivity index (χ2v) is 4.40. The van der Waals surface area contributed by atoms with Crippen molar-refractivity contribution >= 4 is 0 Å². The molecule has 1 saturated carbocycles. The highest BCUT2D eigenvalue weighted by Gasteiger charge is 2.28. The van der Waals surface area contributed by atoms with Crippen LogP contribution in [0, 0.1) is 0 Å². The van der Waals surface area contributed by atoms with Crippen LogP contribution in [0.25, 0.3) is 11.5 Å². The molecule has 1 fully saturated rings. The number of rotatable bonds is 5. The number of hydrogen-bond acceptors (Lipinski definition) is 5. The molecule has 1 aromatic heterocycles. The molecule has 0 atom stereocenters. The van der Waals surface area contributed by atoms with Crippen LogP contribution in [0.15, 0.2) is 28.8 Å². The van der Waals surface area contributed by atoms with Gasteiger partial charge in [0.15, 0.2) is 5.82 Å². The van der Waals surface area contributed by atoms with Gasteiger partial charge in [-0.1, -0.05) is 11.2 Å². The van der Waals surface area contributed by atoms with E-state index in [0.717, 1.165) is 17.1 Å². The smallest absolute Gasteiger partial charge is 0.258 e. The molecule has 0 unspecified atom stereocenters. The van der Waals surface area contributed by atoms with Crippen molar-refractivity contribution < 1.29 is 9.26 Å². The molecule has 18 heavy (non-hydrogen) atoms. The monoisotopic (exact) mass is 245 g/mol. The van der Waals surface area contributed by atoms with Crippen LogP contribution in [0.1, 0.15) is 24.6 Å². The molecule has 94 valence electrons. The number of nitrogens with zero attached hydrogens (tertiary/aromatic N) is 2. The van der Waals surface area contributed by atoms with Gasteiger partial charge in [-0.3, -0.25) is 0 Å². The van der Waals surface area contributed by atoms with Gasteiger partial charge in [-0.25, -0.2) is 0 Å². The summed E-state index contributed by atoms with van der Waals surface area (Å²) in [5.41, 5.74) is 6.28. The summed E-state index contributed by atoms with van der Waals surface area (Å²) in [5, 5.41) is 4.00. The summed E-state index contributed by atoms with van der Waals surface area (Å²) in [6, 6.07) is 7.61. The zero-order valence-electron chi connectivity index (χ0n) is 10.0. The Labute approximate surface area is 105 Å². The Morgan fingerprint density at radius 2 is 2.28 bits per heavy atom. The van der Waals surface area contributed by atoms with Crippen LogP contribution in [-0.4, -0.2) is 23.3 Å². The van der Waals surface area contributed by atoms with Gasteiger partial charge in [-0.05, 0) is 31.0 Å². The molecule has 5 heteroatoms. The van der Waals surface area contributed by atoms with Crippen molar-refractivity contribution in [1.29, 1.82) is 0 Å². The number of hydrogen-bond donors (Lipinski definition) is 1. The van der Waals surface area contributed by atoms with Gasteiger partial charge in [0.2, 0.25) is 0 Å². The molecule has 1 aliphatic rings. The maximum Gasteiger partial charge on any atom is 0.258 e. The Morgan fingerprint density at radius 3 is 3.06 bits per heavy atom. The lowest BCUT2D eigenvalue weighted by atomic mass is 10.2. The molecular formula is C13H15N3O2. The first kappa shape index (κ1) is 11.2. The Bertz CT molecular complexity index is 535. The van der Waals surface area contributed by atoms with Crippen LogP contribution in [-0.2, 0) is 0 Å². The van der Waals surface area contributed by atoms with Crippen molar-refractivity contribution in [3.8, 4) is 17.2 Å². The van der Waals surface area contributed by atoms with Crippen molar-refractivity contribution in [3.05, 3.63) is 30.1 Å². The van der Waals surface area contributed by atoms with Crippen LogP contribution in [0.5, 0.6) is 5.75 Å². The number of nitrogens with two attached hydrogens (primary N) is 1. The SMILES string of the molecule is NCCOc1cccc(-c2nc(C3CC3)no2)c1. The molecule has 0 amide bonds. The summed E-state index contributed by atoms with van der Waals surface area (Å²) in [7, 11) is 0. The topological polar surface area (TPSA) is 74.2 Å². The summed E-state index contributed by atoms with van der Waals surface area (Å²) in [6.45, 7) is 0.997. The average molecular weight is 245 g/mol. The fraction of sp³-hybridized carbons (Fsp3) is 0.385. The largest absolute Gasteiger partial charge is 0.492 e. The van der Waals surface area contributed by atoms with Gasteiger partial charge in [-0.2, -0.15) is 4.98 Å². The lowest BCUT2D eigenvalue weighted by Gasteiger charge is -2.04. The standard InChI is InChI=1S/C13H15N3O2/c14-6-7-17-11-3-1-2-10(8-11)13-15-12(16-18-13)9-4-5-9/h1-3,8-9H,4-7,14H2. The van der Waals surface area contributed by atoms with E-state index in [1.54, 1.807) is 0 Å². The van der Waals surface area contributed by atoms with E-state index in [2.05, 4.69) is 10.1 Å². The summed E-state index contributed by atoms with van der Waals surface area (Å²) >= 11 is 0. The van der Waals surface area contributed by atoms with Crippen LogP contribution >= 0.6 is 0 Å². The minimum absolute atomic E-state index is 0.497. The number of benzene rings is 1. The molecule has 0 saturated heterocycles. The number of aromatic nitrogens is 2. The molecule has 5 nitrogen and oxygen atoms in total. The molecule has 0 spiro atoms.